The van der Waals surface area contributed by atoms with Crippen molar-refractivity contribution in [3.05, 3.63) is 35.4 Å². The van der Waals surface area contributed by atoms with E-state index in [1.54, 1.807) is 0 Å². The van der Waals surface area contributed by atoms with E-state index < -0.39 is 0 Å². The first-order valence-corrected chi connectivity index (χ1v) is 5.92. The summed E-state index contributed by atoms with van der Waals surface area (Å²) < 4.78 is 4.76. The van der Waals surface area contributed by atoms with Gasteiger partial charge in [0.1, 0.15) is 0 Å². The minimum absolute atomic E-state index is 0.210. The van der Waals surface area contributed by atoms with Crippen molar-refractivity contribution in [1.82, 2.24) is 0 Å². The second-order valence-corrected chi connectivity index (χ2v) is 4.46. The first-order valence-electron chi connectivity index (χ1n) is 5.92. The normalized spacial score (nSPS) is 14.1. The molecule has 0 aromatic heterocycles. The van der Waals surface area contributed by atoms with Gasteiger partial charge in [-0.05, 0) is 18.9 Å². The summed E-state index contributed by atoms with van der Waals surface area (Å²) in [4.78, 5) is 11.5. The van der Waals surface area contributed by atoms with Gasteiger partial charge in [0.05, 0.1) is 13.5 Å². The highest BCUT2D eigenvalue weighted by molar-refractivity contribution is 5.71. The van der Waals surface area contributed by atoms with Crippen LogP contribution in [0, 0.1) is 6.92 Å². The van der Waals surface area contributed by atoms with Crippen LogP contribution in [0.1, 0.15) is 30.9 Å². The highest BCUT2D eigenvalue weighted by Crippen LogP contribution is 2.31. The fourth-order valence-electron chi connectivity index (χ4n) is 2.02. The van der Waals surface area contributed by atoms with Crippen LogP contribution in [-0.2, 0) is 14.9 Å². The SMILES string of the molecule is CCC(CN)(CC(=O)OC)c1ccc(C)cc1. The van der Waals surface area contributed by atoms with Crippen molar-refractivity contribution >= 4 is 5.97 Å². The van der Waals surface area contributed by atoms with Gasteiger partial charge in [0.25, 0.3) is 0 Å². The van der Waals surface area contributed by atoms with Crippen molar-refractivity contribution in [1.29, 1.82) is 0 Å². The number of ether oxygens (including phenoxy) is 1. The summed E-state index contributed by atoms with van der Waals surface area (Å²) in [7, 11) is 1.41. The second-order valence-electron chi connectivity index (χ2n) is 4.46. The summed E-state index contributed by atoms with van der Waals surface area (Å²) in [6.07, 6.45) is 1.15. The Morgan fingerprint density at radius 1 is 1.35 bits per heavy atom. The molecule has 3 nitrogen and oxygen atoms in total. The first-order chi connectivity index (χ1) is 8.07. The molecule has 0 radical (unpaired) electrons. The average molecular weight is 235 g/mol. The van der Waals surface area contributed by atoms with E-state index in [0.29, 0.717) is 13.0 Å². The van der Waals surface area contributed by atoms with E-state index in [1.807, 2.05) is 19.1 Å². The van der Waals surface area contributed by atoms with Gasteiger partial charge in [-0.15, -0.1) is 0 Å². The predicted molar refractivity (Wildman–Crippen MR) is 68.8 cm³/mol. The maximum atomic E-state index is 11.5. The molecular formula is C14H21NO2. The molecular weight excluding hydrogens is 214 g/mol. The van der Waals surface area contributed by atoms with Crippen LogP contribution in [0.2, 0.25) is 0 Å². The topological polar surface area (TPSA) is 52.3 Å². The van der Waals surface area contributed by atoms with E-state index in [-0.39, 0.29) is 11.4 Å². The van der Waals surface area contributed by atoms with Crippen molar-refractivity contribution in [2.75, 3.05) is 13.7 Å². The van der Waals surface area contributed by atoms with Crippen molar-refractivity contribution < 1.29 is 9.53 Å². The fourth-order valence-corrected chi connectivity index (χ4v) is 2.02. The first kappa shape index (κ1) is 13.7. The van der Waals surface area contributed by atoms with Crippen LogP contribution in [0.15, 0.2) is 24.3 Å². The Labute approximate surface area is 103 Å². The smallest absolute Gasteiger partial charge is 0.306 e. The van der Waals surface area contributed by atoms with Crippen LogP contribution in [-0.4, -0.2) is 19.6 Å². The molecule has 17 heavy (non-hydrogen) atoms. The van der Waals surface area contributed by atoms with Crippen LogP contribution in [0.3, 0.4) is 0 Å². The Morgan fingerprint density at radius 3 is 2.35 bits per heavy atom. The maximum absolute atomic E-state index is 11.5. The third kappa shape index (κ3) is 3.07. The van der Waals surface area contributed by atoms with Gasteiger partial charge in [-0.2, -0.15) is 0 Å². The highest BCUT2D eigenvalue weighted by Gasteiger charge is 2.32. The number of aryl methyl sites for hydroxylation is 1. The van der Waals surface area contributed by atoms with Gasteiger partial charge in [0.15, 0.2) is 0 Å². The molecule has 0 aliphatic rings. The molecule has 0 saturated heterocycles. The van der Waals surface area contributed by atoms with Crippen LogP contribution in [0.4, 0.5) is 0 Å². The molecule has 0 aliphatic heterocycles. The molecule has 1 atom stereocenters. The lowest BCUT2D eigenvalue weighted by Gasteiger charge is -2.31. The lowest BCUT2D eigenvalue weighted by molar-refractivity contribution is -0.142. The number of hydrogen-bond acceptors (Lipinski definition) is 3. The molecule has 0 saturated carbocycles. The van der Waals surface area contributed by atoms with Gasteiger partial charge >= 0.3 is 5.97 Å². The zero-order chi connectivity index (χ0) is 12.9. The summed E-state index contributed by atoms with van der Waals surface area (Å²) in [5.41, 5.74) is 7.89. The molecule has 0 fully saturated rings. The Kier molecular flexibility index (Phi) is 4.70. The molecule has 0 amide bonds. The van der Waals surface area contributed by atoms with Gasteiger partial charge < -0.3 is 10.5 Å². The molecule has 1 unspecified atom stereocenters. The third-order valence-corrected chi connectivity index (χ3v) is 3.44. The number of carbonyl (C=O) groups excluding carboxylic acids is 1. The molecule has 94 valence electrons. The summed E-state index contributed by atoms with van der Waals surface area (Å²) in [6, 6.07) is 8.20. The molecule has 1 aromatic rings. The van der Waals surface area contributed by atoms with E-state index in [9.17, 15) is 4.79 Å². The zero-order valence-electron chi connectivity index (χ0n) is 10.8. The molecule has 0 aliphatic carbocycles. The van der Waals surface area contributed by atoms with Gasteiger partial charge in [-0.1, -0.05) is 36.8 Å². The molecule has 1 aromatic carbocycles. The van der Waals surface area contributed by atoms with E-state index in [1.165, 1.54) is 12.7 Å². The minimum atomic E-state index is -0.305. The summed E-state index contributed by atoms with van der Waals surface area (Å²) in [5.74, 6) is -0.210. The number of methoxy groups -OCH3 is 1. The number of carbonyl (C=O) groups is 1. The van der Waals surface area contributed by atoms with Crippen molar-refractivity contribution in [3.8, 4) is 0 Å². The van der Waals surface area contributed by atoms with Crippen LogP contribution < -0.4 is 5.73 Å². The van der Waals surface area contributed by atoms with Crippen molar-refractivity contribution in [2.45, 2.75) is 32.1 Å². The number of benzene rings is 1. The zero-order valence-corrected chi connectivity index (χ0v) is 10.8. The van der Waals surface area contributed by atoms with Gasteiger partial charge in [0.2, 0.25) is 0 Å². The molecule has 0 bridgehead atoms. The molecule has 0 spiro atoms. The third-order valence-electron chi connectivity index (χ3n) is 3.44. The Hall–Kier alpha value is -1.35. The van der Waals surface area contributed by atoms with E-state index in [2.05, 4.69) is 19.1 Å². The Balaban J connectivity index is 3.05. The molecule has 0 heterocycles. The van der Waals surface area contributed by atoms with E-state index >= 15 is 0 Å². The van der Waals surface area contributed by atoms with Crippen molar-refractivity contribution in [2.24, 2.45) is 5.73 Å². The van der Waals surface area contributed by atoms with Gasteiger partial charge in [-0.3, -0.25) is 4.79 Å². The Bertz CT molecular complexity index is 366. The number of rotatable bonds is 5. The fraction of sp³-hybridized carbons (Fsp3) is 0.500. The quantitative estimate of drug-likeness (QED) is 0.796. The monoisotopic (exact) mass is 235 g/mol. The lowest BCUT2D eigenvalue weighted by Crippen LogP contribution is -2.37. The molecule has 1 rings (SSSR count). The van der Waals surface area contributed by atoms with Gasteiger partial charge in [-0.25, -0.2) is 0 Å². The van der Waals surface area contributed by atoms with Crippen LogP contribution in [0.5, 0.6) is 0 Å². The Morgan fingerprint density at radius 2 is 1.94 bits per heavy atom. The lowest BCUT2D eigenvalue weighted by atomic mass is 9.75. The minimum Gasteiger partial charge on any atom is -0.469 e. The average Bonchev–Trinajstić information content (AvgIpc) is 2.37. The highest BCUT2D eigenvalue weighted by atomic mass is 16.5. The van der Waals surface area contributed by atoms with Crippen LogP contribution >= 0.6 is 0 Å². The number of hydrogen-bond donors (Lipinski definition) is 1. The summed E-state index contributed by atoms with van der Waals surface area (Å²) in [5, 5.41) is 0. The molecule has 2 N–H and O–H groups in total. The predicted octanol–water partition coefficient (Wildman–Crippen LogP) is 2.16. The number of esters is 1. The van der Waals surface area contributed by atoms with E-state index in [0.717, 1.165) is 12.0 Å². The number of nitrogens with two attached hydrogens (primary N) is 1. The van der Waals surface area contributed by atoms with Crippen LogP contribution in [0.25, 0.3) is 0 Å². The summed E-state index contributed by atoms with van der Waals surface area (Å²) in [6.45, 7) is 4.54. The summed E-state index contributed by atoms with van der Waals surface area (Å²) >= 11 is 0. The largest absolute Gasteiger partial charge is 0.469 e. The second kappa shape index (κ2) is 5.82. The van der Waals surface area contributed by atoms with Crippen molar-refractivity contribution in [3.63, 3.8) is 0 Å². The van der Waals surface area contributed by atoms with E-state index in [4.69, 9.17) is 10.5 Å². The molecule has 3 heteroatoms. The standard InChI is InChI=1S/C14H21NO2/c1-4-14(10-15,9-13(16)17-3)12-7-5-11(2)6-8-12/h5-8H,4,9-10,15H2,1-3H3. The van der Waals surface area contributed by atoms with Gasteiger partial charge in [0, 0.05) is 12.0 Å². The maximum Gasteiger partial charge on any atom is 0.306 e.